The summed E-state index contributed by atoms with van der Waals surface area (Å²) in [5.74, 6) is -0.0975. The Bertz CT molecular complexity index is 569. The number of hydrogen-bond donors (Lipinski definition) is 0. The first-order valence-corrected chi connectivity index (χ1v) is 6.67. The number of nitrogens with zero attached hydrogens (tertiary/aromatic N) is 2. The van der Waals surface area contributed by atoms with Gasteiger partial charge in [-0.2, -0.15) is 0 Å². The number of likely N-dealkylation sites (N-methyl/N-ethyl adjacent to an activating group) is 1. The smallest absolute Gasteiger partial charge is 0.309 e. The molecule has 4 nitrogen and oxygen atoms in total. The zero-order valence-electron chi connectivity index (χ0n) is 11.5. The third kappa shape index (κ3) is 1.40. The summed E-state index contributed by atoms with van der Waals surface area (Å²) in [5.41, 5.74) is 1.28. The third-order valence-electron chi connectivity index (χ3n) is 4.61. The molecule has 0 aliphatic carbocycles. The summed E-state index contributed by atoms with van der Waals surface area (Å²) in [4.78, 5) is 28.1. The Kier molecular flexibility index (Phi) is 2.46. The molecule has 3 amide bonds. The maximum Gasteiger partial charge on any atom is 0.327 e. The van der Waals surface area contributed by atoms with Crippen LogP contribution in [0.4, 0.5) is 4.79 Å². The third-order valence-corrected chi connectivity index (χ3v) is 4.61. The second-order valence-electron chi connectivity index (χ2n) is 5.63. The Hall–Kier alpha value is -1.84. The van der Waals surface area contributed by atoms with E-state index in [2.05, 4.69) is 6.07 Å². The van der Waals surface area contributed by atoms with E-state index in [1.807, 2.05) is 32.0 Å². The summed E-state index contributed by atoms with van der Waals surface area (Å²) < 4.78 is 0. The molecular formula is C15H18N2O2. The molecule has 1 aromatic rings. The summed E-state index contributed by atoms with van der Waals surface area (Å²) in [7, 11) is 1.72. The first-order chi connectivity index (χ1) is 8.98. The van der Waals surface area contributed by atoms with Gasteiger partial charge in [0.25, 0.3) is 5.91 Å². The molecular weight excluding hydrogens is 240 g/mol. The molecule has 0 N–H and O–H groups in total. The highest BCUT2D eigenvalue weighted by Crippen LogP contribution is 2.40. The quantitative estimate of drug-likeness (QED) is 0.669. The predicted octanol–water partition coefficient (Wildman–Crippen LogP) is 2.13. The number of aryl methyl sites for hydroxylation is 1. The van der Waals surface area contributed by atoms with Crippen molar-refractivity contribution in [1.29, 1.82) is 0 Å². The van der Waals surface area contributed by atoms with E-state index in [0.717, 1.165) is 18.4 Å². The number of imide groups is 1. The van der Waals surface area contributed by atoms with E-state index >= 15 is 0 Å². The van der Waals surface area contributed by atoms with E-state index in [0.29, 0.717) is 0 Å². The monoisotopic (exact) mass is 258 g/mol. The minimum Gasteiger partial charge on any atom is -0.309 e. The van der Waals surface area contributed by atoms with Crippen LogP contribution >= 0.6 is 0 Å². The first-order valence-electron chi connectivity index (χ1n) is 6.67. The van der Waals surface area contributed by atoms with Crippen molar-refractivity contribution in [3.05, 3.63) is 35.4 Å². The molecule has 0 saturated carbocycles. The SMILES string of the molecule is C[C@H]1CCc2ccccc2[C@]2(C)C(=O)N1C(=O)N2C. The van der Waals surface area contributed by atoms with Gasteiger partial charge in [-0.1, -0.05) is 24.3 Å². The highest BCUT2D eigenvalue weighted by Gasteiger charge is 2.56. The molecule has 0 radical (unpaired) electrons. The van der Waals surface area contributed by atoms with Crippen LogP contribution in [0.15, 0.2) is 24.3 Å². The summed E-state index contributed by atoms with van der Waals surface area (Å²) in [6.07, 6.45) is 1.72. The lowest BCUT2D eigenvalue weighted by molar-refractivity contribution is -0.134. The van der Waals surface area contributed by atoms with Crippen molar-refractivity contribution in [2.75, 3.05) is 7.05 Å². The molecule has 3 rings (SSSR count). The second kappa shape index (κ2) is 3.83. The van der Waals surface area contributed by atoms with Gasteiger partial charge < -0.3 is 4.90 Å². The minimum absolute atomic E-state index is 0.0439. The van der Waals surface area contributed by atoms with Crippen LogP contribution in [0.1, 0.15) is 31.4 Å². The first kappa shape index (κ1) is 12.2. The number of hydrogen-bond acceptors (Lipinski definition) is 2. The summed E-state index contributed by atoms with van der Waals surface area (Å²) >= 11 is 0. The molecule has 1 aromatic carbocycles. The van der Waals surface area contributed by atoms with E-state index in [-0.39, 0.29) is 18.0 Å². The lowest BCUT2D eigenvalue weighted by atomic mass is 9.83. The fraction of sp³-hybridized carbons (Fsp3) is 0.467. The van der Waals surface area contributed by atoms with E-state index in [4.69, 9.17) is 0 Å². The van der Waals surface area contributed by atoms with Crippen LogP contribution in [0.3, 0.4) is 0 Å². The second-order valence-corrected chi connectivity index (χ2v) is 5.63. The Labute approximate surface area is 113 Å². The fourth-order valence-electron chi connectivity index (χ4n) is 3.21. The summed E-state index contributed by atoms with van der Waals surface area (Å²) in [5, 5.41) is 0. The normalized spacial score (nSPS) is 30.2. The molecule has 19 heavy (non-hydrogen) atoms. The van der Waals surface area contributed by atoms with Crippen LogP contribution in [0.2, 0.25) is 0 Å². The van der Waals surface area contributed by atoms with Crippen LogP contribution in [-0.4, -0.2) is 34.8 Å². The molecule has 2 heterocycles. The van der Waals surface area contributed by atoms with Crippen molar-refractivity contribution in [3.8, 4) is 0 Å². The standard InChI is InChI=1S/C15H18N2O2/c1-10-8-9-11-6-4-5-7-12(11)15(2)13(18)17(10)14(19)16(15)3/h4-7,10H,8-9H2,1-3H3/t10-,15+/m0/s1. The molecule has 1 fully saturated rings. The van der Waals surface area contributed by atoms with Crippen molar-refractivity contribution in [1.82, 2.24) is 9.80 Å². The van der Waals surface area contributed by atoms with Crippen LogP contribution in [0.5, 0.6) is 0 Å². The number of benzene rings is 1. The fourth-order valence-corrected chi connectivity index (χ4v) is 3.21. The predicted molar refractivity (Wildman–Crippen MR) is 71.6 cm³/mol. The number of amides is 3. The topological polar surface area (TPSA) is 40.6 Å². The van der Waals surface area contributed by atoms with Crippen LogP contribution in [0, 0.1) is 0 Å². The zero-order chi connectivity index (χ0) is 13.8. The molecule has 100 valence electrons. The maximum absolute atomic E-state index is 12.7. The van der Waals surface area contributed by atoms with Gasteiger partial charge in [0.15, 0.2) is 0 Å². The Balaban J connectivity index is 2.27. The average molecular weight is 258 g/mol. The number of carbonyl (C=O) groups excluding carboxylic acids is 2. The summed E-state index contributed by atoms with van der Waals surface area (Å²) in [6.45, 7) is 3.80. The molecule has 0 aromatic heterocycles. The van der Waals surface area contributed by atoms with Crippen LogP contribution in [0.25, 0.3) is 0 Å². The van der Waals surface area contributed by atoms with E-state index in [9.17, 15) is 9.59 Å². The number of carbonyl (C=O) groups is 2. The molecule has 2 bridgehead atoms. The van der Waals surface area contributed by atoms with Gasteiger partial charge in [-0.15, -0.1) is 0 Å². The van der Waals surface area contributed by atoms with Crippen molar-refractivity contribution in [2.24, 2.45) is 0 Å². The van der Waals surface area contributed by atoms with E-state index in [1.165, 1.54) is 10.5 Å². The average Bonchev–Trinajstić information content (AvgIpc) is 2.59. The Morgan fingerprint density at radius 3 is 2.68 bits per heavy atom. The molecule has 2 aliphatic heterocycles. The van der Waals surface area contributed by atoms with Gasteiger partial charge in [-0.3, -0.25) is 9.69 Å². The van der Waals surface area contributed by atoms with Crippen molar-refractivity contribution in [3.63, 3.8) is 0 Å². The van der Waals surface area contributed by atoms with Gasteiger partial charge in [-0.25, -0.2) is 4.79 Å². The van der Waals surface area contributed by atoms with Crippen LogP contribution in [-0.2, 0) is 16.8 Å². The van der Waals surface area contributed by atoms with Gasteiger partial charge >= 0.3 is 6.03 Å². The molecule has 0 unspecified atom stereocenters. The van der Waals surface area contributed by atoms with E-state index < -0.39 is 5.54 Å². The minimum atomic E-state index is -0.859. The van der Waals surface area contributed by atoms with Gasteiger partial charge in [0.1, 0.15) is 5.54 Å². The van der Waals surface area contributed by atoms with Gasteiger partial charge in [0, 0.05) is 13.1 Å². The van der Waals surface area contributed by atoms with Crippen molar-refractivity contribution < 1.29 is 9.59 Å². The number of fused-ring (bicyclic) bond motifs is 4. The lowest BCUT2D eigenvalue weighted by Crippen LogP contribution is -2.45. The maximum atomic E-state index is 12.7. The lowest BCUT2D eigenvalue weighted by Gasteiger charge is -2.32. The van der Waals surface area contributed by atoms with E-state index in [1.54, 1.807) is 11.9 Å². The van der Waals surface area contributed by atoms with Gasteiger partial charge in [0.05, 0.1) is 0 Å². The highest BCUT2D eigenvalue weighted by molar-refractivity contribution is 6.07. The van der Waals surface area contributed by atoms with Crippen LogP contribution < -0.4 is 0 Å². The van der Waals surface area contributed by atoms with Crippen molar-refractivity contribution in [2.45, 2.75) is 38.3 Å². The van der Waals surface area contributed by atoms with Gasteiger partial charge in [0.2, 0.25) is 0 Å². The molecule has 4 heteroatoms. The molecule has 2 aliphatic rings. The van der Waals surface area contributed by atoms with Crippen molar-refractivity contribution >= 4 is 11.9 Å². The molecule has 0 spiro atoms. The summed E-state index contributed by atoms with van der Waals surface area (Å²) in [6, 6.07) is 7.73. The zero-order valence-corrected chi connectivity index (χ0v) is 11.5. The Morgan fingerprint density at radius 1 is 1.26 bits per heavy atom. The Morgan fingerprint density at radius 2 is 1.95 bits per heavy atom. The highest BCUT2D eigenvalue weighted by atomic mass is 16.2. The molecule has 1 saturated heterocycles. The van der Waals surface area contributed by atoms with Gasteiger partial charge in [-0.05, 0) is 37.8 Å². The number of urea groups is 1. The molecule has 2 atom stereocenters. The largest absolute Gasteiger partial charge is 0.327 e. The number of rotatable bonds is 0.